The molecule has 0 atom stereocenters. The first-order valence-electron chi connectivity index (χ1n) is 6.10. The Hall–Kier alpha value is -1.60. The van der Waals surface area contributed by atoms with Crippen LogP contribution in [0.25, 0.3) is 0 Å². The van der Waals surface area contributed by atoms with Crippen molar-refractivity contribution in [1.29, 1.82) is 0 Å². The molecule has 0 spiro atoms. The molecule has 0 unspecified atom stereocenters. The molecule has 2 aromatic rings. The number of furan rings is 1. The number of carbonyl (C=O) groups is 1. The van der Waals surface area contributed by atoms with Gasteiger partial charge >= 0.3 is 5.91 Å². The monoisotopic (exact) mass is 414 g/mol. The summed E-state index contributed by atoms with van der Waals surface area (Å²) in [5.74, 6) is 0.538. The number of hydrazone groups is 1. The van der Waals surface area contributed by atoms with E-state index < -0.39 is 5.91 Å². The SMILES string of the molecule is CCOc1c(Br)cc(C=NNC(=O)c2ccco2)cc1Br. The summed E-state index contributed by atoms with van der Waals surface area (Å²) in [5, 5.41) is 3.89. The number of ether oxygens (including phenoxy) is 1. The number of amides is 1. The molecule has 1 N–H and O–H groups in total. The Labute approximate surface area is 138 Å². The van der Waals surface area contributed by atoms with Gasteiger partial charge in [-0.2, -0.15) is 5.10 Å². The Bertz CT molecular complexity index is 631. The fraction of sp³-hybridized carbons (Fsp3) is 0.143. The Balaban J connectivity index is 2.06. The summed E-state index contributed by atoms with van der Waals surface area (Å²) in [4.78, 5) is 11.6. The number of hydrogen-bond donors (Lipinski definition) is 1. The molecule has 5 nitrogen and oxygen atoms in total. The molecule has 0 fully saturated rings. The van der Waals surface area contributed by atoms with Gasteiger partial charge in [0.1, 0.15) is 5.75 Å². The van der Waals surface area contributed by atoms with E-state index in [0.717, 1.165) is 20.3 Å². The van der Waals surface area contributed by atoms with Gasteiger partial charge in [0, 0.05) is 0 Å². The molecule has 21 heavy (non-hydrogen) atoms. The zero-order valence-corrected chi connectivity index (χ0v) is 14.3. The number of carbonyl (C=O) groups excluding carboxylic acids is 1. The predicted molar refractivity (Wildman–Crippen MR) is 86.8 cm³/mol. The quantitative estimate of drug-likeness (QED) is 0.593. The average Bonchev–Trinajstić information content (AvgIpc) is 2.97. The minimum Gasteiger partial charge on any atom is -0.492 e. The van der Waals surface area contributed by atoms with Crippen molar-refractivity contribution >= 4 is 44.0 Å². The molecule has 0 bridgehead atoms. The lowest BCUT2D eigenvalue weighted by Crippen LogP contribution is -2.16. The molecule has 0 radical (unpaired) electrons. The van der Waals surface area contributed by atoms with Crippen LogP contribution >= 0.6 is 31.9 Å². The summed E-state index contributed by atoms with van der Waals surface area (Å²) < 4.78 is 12.1. The molecule has 1 amide bonds. The highest BCUT2D eigenvalue weighted by atomic mass is 79.9. The lowest BCUT2D eigenvalue weighted by molar-refractivity contribution is 0.0927. The van der Waals surface area contributed by atoms with E-state index in [0.29, 0.717) is 6.61 Å². The maximum atomic E-state index is 11.6. The molecule has 2 rings (SSSR count). The summed E-state index contributed by atoms with van der Waals surface area (Å²) in [6, 6.07) is 6.89. The molecule has 0 aliphatic carbocycles. The number of benzene rings is 1. The number of hydrogen-bond acceptors (Lipinski definition) is 4. The van der Waals surface area contributed by atoms with E-state index in [-0.39, 0.29) is 5.76 Å². The third kappa shape index (κ3) is 4.18. The Morgan fingerprint density at radius 2 is 2.14 bits per heavy atom. The van der Waals surface area contributed by atoms with E-state index in [1.54, 1.807) is 12.1 Å². The highest BCUT2D eigenvalue weighted by Crippen LogP contribution is 2.34. The smallest absolute Gasteiger partial charge is 0.307 e. The third-order valence-electron chi connectivity index (χ3n) is 2.43. The molecule has 0 saturated heterocycles. The molecule has 0 saturated carbocycles. The van der Waals surface area contributed by atoms with Gasteiger partial charge in [0.25, 0.3) is 0 Å². The van der Waals surface area contributed by atoms with Gasteiger partial charge in [0.15, 0.2) is 5.76 Å². The van der Waals surface area contributed by atoms with Crippen LogP contribution in [0.2, 0.25) is 0 Å². The Morgan fingerprint density at radius 1 is 1.43 bits per heavy atom. The summed E-state index contributed by atoms with van der Waals surface area (Å²) >= 11 is 6.86. The number of nitrogens with one attached hydrogen (secondary N) is 1. The second-order valence-corrected chi connectivity index (χ2v) is 5.63. The van der Waals surface area contributed by atoms with Crippen molar-refractivity contribution in [2.45, 2.75) is 6.92 Å². The van der Waals surface area contributed by atoms with Crippen LogP contribution in [-0.2, 0) is 0 Å². The van der Waals surface area contributed by atoms with Crippen molar-refractivity contribution in [2.24, 2.45) is 5.10 Å². The van der Waals surface area contributed by atoms with Crippen LogP contribution in [-0.4, -0.2) is 18.7 Å². The van der Waals surface area contributed by atoms with Crippen molar-refractivity contribution in [3.63, 3.8) is 0 Å². The van der Waals surface area contributed by atoms with Gasteiger partial charge in [0.2, 0.25) is 0 Å². The molecule has 1 aromatic carbocycles. The standard InChI is InChI=1S/C14H12Br2N2O3/c1-2-20-13-10(15)6-9(7-11(13)16)8-17-18-14(19)12-4-3-5-21-12/h3-8H,2H2,1H3,(H,18,19). The van der Waals surface area contributed by atoms with Crippen molar-refractivity contribution < 1.29 is 13.9 Å². The van der Waals surface area contributed by atoms with Crippen LogP contribution in [0.15, 0.2) is 49.0 Å². The summed E-state index contributed by atoms with van der Waals surface area (Å²) in [7, 11) is 0. The fourth-order valence-corrected chi connectivity index (χ4v) is 3.02. The van der Waals surface area contributed by atoms with Crippen molar-refractivity contribution in [1.82, 2.24) is 5.43 Å². The highest BCUT2D eigenvalue weighted by molar-refractivity contribution is 9.11. The highest BCUT2D eigenvalue weighted by Gasteiger charge is 2.08. The molecular weight excluding hydrogens is 404 g/mol. The number of rotatable bonds is 5. The third-order valence-corrected chi connectivity index (χ3v) is 3.61. The van der Waals surface area contributed by atoms with Gasteiger partial charge in [-0.1, -0.05) is 0 Å². The lowest BCUT2D eigenvalue weighted by Gasteiger charge is -2.09. The van der Waals surface area contributed by atoms with Crippen molar-refractivity contribution in [2.75, 3.05) is 6.61 Å². The van der Waals surface area contributed by atoms with E-state index in [2.05, 4.69) is 42.4 Å². The van der Waals surface area contributed by atoms with Crippen LogP contribution in [0, 0.1) is 0 Å². The molecule has 110 valence electrons. The Kier molecular flexibility index (Phi) is 5.58. The van der Waals surface area contributed by atoms with Gasteiger partial charge in [-0.25, -0.2) is 5.43 Å². The topological polar surface area (TPSA) is 63.8 Å². The fourth-order valence-electron chi connectivity index (χ4n) is 1.56. The second-order valence-electron chi connectivity index (χ2n) is 3.92. The van der Waals surface area contributed by atoms with Crippen molar-refractivity contribution in [3.8, 4) is 5.75 Å². The van der Waals surface area contributed by atoms with Gasteiger partial charge in [-0.15, -0.1) is 0 Å². The first kappa shape index (κ1) is 15.8. The minimum atomic E-state index is -0.402. The maximum Gasteiger partial charge on any atom is 0.307 e. The minimum absolute atomic E-state index is 0.209. The first-order chi connectivity index (χ1) is 10.1. The number of halogens is 2. The predicted octanol–water partition coefficient (Wildman–Crippen LogP) is 3.97. The summed E-state index contributed by atoms with van der Waals surface area (Å²) in [6.07, 6.45) is 2.96. The van der Waals surface area contributed by atoms with E-state index in [9.17, 15) is 4.79 Å². The zero-order valence-electron chi connectivity index (χ0n) is 11.1. The second kappa shape index (κ2) is 7.42. The van der Waals surface area contributed by atoms with Crippen LogP contribution in [0.3, 0.4) is 0 Å². The van der Waals surface area contributed by atoms with Crippen LogP contribution in [0.1, 0.15) is 23.0 Å². The van der Waals surface area contributed by atoms with Crippen molar-refractivity contribution in [3.05, 3.63) is 50.8 Å². The van der Waals surface area contributed by atoms with E-state index in [4.69, 9.17) is 9.15 Å². The van der Waals surface area contributed by atoms with E-state index in [1.807, 2.05) is 19.1 Å². The molecule has 0 aliphatic rings. The normalized spacial score (nSPS) is 10.8. The largest absolute Gasteiger partial charge is 0.492 e. The molecule has 1 heterocycles. The van der Waals surface area contributed by atoms with Gasteiger partial charge in [0.05, 0.1) is 28.0 Å². The Morgan fingerprint density at radius 3 is 2.71 bits per heavy atom. The maximum absolute atomic E-state index is 11.6. The van der Waals surface area contributed by atoms with Crippen LogP contribution in [0.5, 0.6) is 5.75 Å². The molecule has 1 aromatic heterocycles. The molecular formula is C14H12Br2N2O3. The zero-order chi connectivity index (χ0) is 15.2. The average molecular weight is 416 g/mol. The van der Waals surface area contributed by atoms with E-state index >= 15 is 0 Å². The number of nitrogens with zero attached hydrogens (tertiary/aromatic N) is 1. The van der Waals surface area contributed by atoms with E-state index in [1.165, 1.54) is 12.5 Å². The lowest BCUT2D eigenvalue weighted by atomic mass is 10.2. The van der Waals surface area contributed by atoms with Crippen LogP contribution in [0.4, 0.5) is 0 Å². The molecule has 0 aliphatic heterocycles. The van der Waals surface area contributed by atoms with Crippen LogP contribution < -0.4 is 10.2 Å². The summed E-state index contributed by atoms with van der Waals surface area (Å²) in [5.41, 5.74) is 3.19. The van der Waals surface area contributed by atoms with Gasteiger partial charge in [-0.3, -0.25) is 4.79 Å². The summed E-state index contributed by atoms with van der Waals surface area (Å²) in [6.45, 7) is 2.49. The first-order valence-corrected chi connectivity index (χ1v) is 7.69. The van der Waals surface area contributed by atoms with Gasteiger partial charge in [-0.05, 0) is 68.6 Å². The molecule has 7 heteroatoms. The van der Waals surface area contributed by atoms with Gasteiger partial charge < -0.3 is 9.15 Å².